The molecular formula is C25H32ClNO3. The van der Waals surface area contributed by atoms with E-state index >= 15 is 0 Å². The molecule has 1 heterocycles. The van der Waals surface area contributed by atoms with Crippen LogP contribution in [-0.2, 0) is 0 Å². The molecule has 0 fully saturated rings. The van der Waals surface area contributed by atoms with Crippen molar-refractivity contribution in [2.24, 2.45) is 0 Å². The summed E-state index contributed by atoms with van der Waals surface area (Å²) < 4.78 is 11.8. The van der Waals surface area contributed by atoms with Gasteiger partial charge in [0.2, 0.25) is 0 Å². The van der Waals surface area contributed by atoms with Gasteiger partial charge in [-0.05, 0) is 50.7 Å². The molecule has 0 saturated heterocycles. The summed E-state index contributed by atoms with van der Waals surface area (Å²) in [6.07, 6.45) is 4.65. The topological polar surface area (TPSA) is 42.7 Å². The van der Waals surface area contributed by atoms with Crippen LogP contribution in [0.5, 0.6) is 5.75 Å². The second-order valence-corrected chi connectivity index (χ2v) is 7.29. The molecule has 2 aromatic carbocycles. The highest BCUT2D eigenvalue weighted by molar-refractivity contribution is 5.85. The third-order valence-electron chi connectivity index (χ3n) is 5.29. The van der Waals surface area contributed by atoms with Crippen molar-refractivity contribution in [3.05, 3.63) is 64.8 Å². The van der Waals surface area contributed by atoms with Crippen LogP contribution in [0.25, 0.3) is 22.3 Å². The Hall–Kier alpha value is -2.30. The number of unbranched alkanes of at least 4 members (excludes halogenated alkanes) is 3. The molecule has 30 heavy (non-hydrogen) atoms. The molecule has 0 aliphatic carbocycles. The first-order valence-electron chi connectivity index (χ1n) is 10.7. The highest BCUT2D eigenvalue weighted by Crippen LogP contribution is 2.24. The first kappa shape index (κ1) is 24.0. The van der Waals surface area contributed by atoms with E-state index in [0.717, 1.165) is 37.2 Å². The molecule has 0 spiro atoms. The van der Waals surface area contributed by atoms with Gasteiger partial charge in [0.05, 0.1) is 12.0 Å². The number of hydrogen-bond donors (Lipinski definition) is 0. The van der Waals surface area contributed by atoms with Gasteiger partial charge in [-0.1, -0.05) is 57.0 Å². The first-order valence-corrected chi connectivity index (χ1v) is 10.7. The summed E-state index contributed by atoms with van der Waals surface area (Å²) in [5, 5.41) is 0.557. The number of hydrogen-bond acceptors (Lipinski definition) is 4. The number of fused-ring (bicyclic) bond motifs is 1. The fraction of sp³-hybridized carbons (Fsp3) is 0.400. The lowest BCUT2D eigenvalue weighted by molar-refractivity contribution is 0.284. The van der Waals surface area contributed by atoms with Crippen molar-refractivity contribution < 1.29 is 9.15 Å². The standard InChI is InChI=1S/C25H31NO3.ClH/c1-3-26(4-2)16-10-5-6-11-17-28-21-14-15-24-22(18-21)23(27)19-25(29-24)20-12-8-7-9-13-20;/h7-9,12-15,18-19H,3-6,10-11,16-17H2,1-2H3;1H. The molecule has 0 aliphatic rings. The molecule has 162 valence electrons. The summed E-state index contributed by atoms with van der Waals surface area (Å²) in [6, 6.07) is 16.7. The van der Waals surface area contributed by atoms with E-state index in [-0.39, 0.29) is 17.8 Å². The van der Waals surface area contributed by atoms with Crippen LogP contribution >= 0.6 is 12.4 Å². The quantitative estimate of drug-likeness (QED) is 0.342. The zero-order valence-corrected chi connectivity index (χ0v) is 18.7. The Balaban J connectivity index is 0.00000320. The second kappa shape index (κ2) is 12.4. The molecule has 1 aromatic heterocycles. The summed E-state index contributed by atoms with van der Waals surface area (Å²) in [4.78, 5) is 15.0. The number of benzene rings is 2. The van der Waals surface area contributed by atoms with Crippen molar-refractivity contribution in [1.82, 2.24) is 4.90 Å². The summed E-state index contributed by atoms with van der Waals surface area (Å²) in [5.74, 6) is 1.31. The minimum atomic E-state index is -0.0491. The molecule has 0 unspecified atom stereocenters. The van der Waals surface area contributed by atoms with Crippen LogP contribution < -0.4 is 10.2 Å². The van der Waals surface area contributed by atoms with E-state index in [4.69, 9.17) is 9.15 Å². The molecule has 0 radical (unpaired) electrons. The lowest BCUT2D eigenvalue weighted by atomic mass is 10.1. The van der Waals surface area contributed by atoms with Gasteiger partial charge in [-0.3, -0.25) is 4.79 Å². The van der Waals surface area contributed by atoms with Gasteiger partial charge in [-0.15, -0.1) is 12.4 Å². The van der Waals surface area contributed by atoms with Gasteiger partial charge >= 0.3 is 0 Å². The fourth-order valence-electron chi connectivity index (χ4n) is 3.49. The van der Waals surface area contributed by atoms with Crippen LogP contribution in [0.2, 0.25) is 0 Å². The fourth-order valence-corrected chi connectivity index (χ4v) is 3.49. The van der Waals surface area contributed by atoms with E-state index in [9.17, 15) is 4.79 Å². The van der Waals surface area contributed by atoms with Crippen LogP contribution in [0.4, 0.5) is 0 Å². The smallest absolute Gasteiger partial charge is 0.193 e. The molecule has 0 bridgehead atoms. The van der Waals surface area contributed by atoms with Gasteiger partial charge < -0.3 is 14.1 Å². The third-order valence-corrected chi connectivity index (χ3v) is 5.29. The molecule has 3 rings (SSSR count). The molecular weight excluding hydrogens is 398 g/mol. The molecule has 3 aromatic rings. The Kier molecular flexibility index (Phi) is 9.92. The minimum absolute atomic E-state index is 0. The largest absolute Gasteiger partial charge is 0.494 e. The molecule has 0 N–H and O–H groups in total. The van der Waals surface area contributed by atoms with Crippen molar-refractivity contribution in [2.75, 3.05) is 26.2 Å². The van der Waals surface area contributed by atoms with Crippen LogP contribution in [0, 0.1) is 0 Å². The lowest BCUT2D eigenvalue weighted by Crippen LogP contribution is -2.23. The zero-order chi connectivity index (χ0) is 20.5. The van der Waals surface area contributed by atoms with E-state index < -0.39 is 0 Å². The number of halogens is 1. The normalized spacial score (nSPS) is 10.9. The SMILES string of the molecule is CCN(CC)CCCCCCOc1ccc2oc(-c3ccccc3)cc(=O)c2c1.Cl. The van der Waals surface area contributed by atoms with E-state index in [0.29, 0.717) is 23.3 Å². The Bertz CT molecular complexity index is 952. The first-order chi connectivity index (χ1) is 14.2. The Morgan fingerprint density at radius 3 is 2.37 bits per heavy atom. The highest BCUT2D eigenvalue weighted by Gasteiger charge is 2.08. The second-order valence-electron chi connectivity index (χ2n) is 7.29. The molecule has 0 saturated carbocycles. The number of ether oxygens (including phenoxy) is 1. The summed E-state index contributed by atoms with van der Waals surface area (Å²) in [7, 11) is 0. The Morgan fingerprint density at radius 1 is 0.900 bits per heavy atom. The van der Waals surface area contributed by atoms with Gasteiger partial charge in [0.15, 0.2) is 5.43 Å². The van der Waals surface area contributed by atoms with Gasteiger partial charge in [-0.2, -0.15) is 0 Å². The van der Waals surface area contributed by atoms with Crippen LogP contribution in [0.15, 0.2) is 63.8 Å². The van der Waals surface area contributed by atoms with Gasteiger partial charge in [-0.25, -0.2) is 0 Å². The van der Waals surface area contributed by atoms with E-state index in [1.54, 1.807) is 12.1 Å². The predicted molar refractivity (Wildman–Crippen MR) is 127 cm³/mol. The van der Waals surface area contributed by atoms with E-state index in [1.165, 1.54) is 19.4 Å². The van der Waals surface area contributed by atoms with Gasteiger partial charge in [0.1, 0.15) is 17.1 Å². The van der Waals surface area contributed by atoms with E-state index in [2.05, 4.69) is 18.7 Å². The van der Waals surface area contributed by atoms with Crippen molar-refractivity contribution in [3.8, 4) is 17.1 Å². The summed E-state index contributed by atoms with van der Waals surface area (Å²) in [6.45, 7) is 8.53. The monoisotopic (exact) mass is 429 g/mol. The number of nitrogens with zero attached hydrogens (tertiary/aromatic N) is 1. The van der Waals surface area contributed by atoms with Crippen molar-refractivity contribution in [3.63, 3.8) is 0 Å². The zero-order valence-electron chi connectivity index (χ0n) is 17.9. The maximum absolute atomic E-state index is 12.6. The van der Waals surface area contributed by atoms with E-state index in [1.807, 2.05) is 42.5 Å². The molecule has 0 atom stereocenters. The van der Waals surface area contributed by atoms with Crippen molar-refractivity contribution in [1.29, 1.82) is 0 Å². The van der Waals surface area contributed by atoms with Crippen molar-refractivity contribution >= 4 is 23.4 Å². The van der Waals surface area contributed by atoms with Gasteiger partial charge in [0.25, 0.3) is 0 Å². The molecule has 0 aliphatic heterocycles. The maximum Gasteiger partial charge on any atom is 0.193 e. The number of rotatable bonds is 11. The molecule has 0 amide bonds. The minimum Gasteiger partial charge on any atom is -0.494 e. The summed E-state index contributed by atoms with van der Waals surface area (Å²) >= 11 is 0. The maximum atomic E-state index is 12.6. The Morgan fingerprint density at radius 2 is 1.63 bits per heavy atom. The van der Waals surface area contributed by atoms with Crippen LogP contribution in [0.1, 0.15) is 39.5 Å². The average Bonchev–Trinajstić information content (AvgIpc) is 2.76. The average molecular weight is 430 g/mol. The molecule has 4 nitrogen and oxygen atoms in total. The van der Waals surface area contributed by atoms with Crippen LogP contribution in [0.3, 0.4) is 0 Å². The van der Waals surface area contributed by atoms with Crippen LogP contribution in [-0.4, -0.2) is 31.1 Å². The summed E-state index contributed by atoms with van der Waals surface area (Å²) in [5.41, 5.74) is 1.43. The Labute approximate surface area is 185 Å². The highest BCUT2D eigenvalue weighted by atomic mass is 35.5. The van der Waals surface area contributed by atoms with Crippen molar-refractivity contribution in [2.45, 2.75) is 39.5 Å². The third kappa shape index (κ3) is 6.61. The lowest BCUT2D eigenvalue weighted by Gasteiger charge is -2.17. The van der Waals surface area contributed by atoms with Gasteiger partial charge in [0, 0.05) is 11.6 Å². The molecule has 5 heteroatoms. The predicted octanol–water partition coefficient (Wildman–Crippen LogP) is 6.16.